The van der Waals surface area contributed by atoms with Crippen LogP contribution >= 0.6 is 11.8 Å². The SMILES string of the molecule is CSC1CCCC1Nc1nc2ccc(F)cc2[nH]1. The Hall–Kier alpha value is -1.23. The second-order valence-corrected chi connectivity index (χ2v) is 5.78. The Morgan fingerprint density at radius 2 is 2.33 bits per heavy atom. The smallest absolute Gasteiger partial charge is 0.201 e. The molecule has 1 heterocycles. The topological polar surface area (TPSA) is 40.7 Å². The second-order valence-electron chi connectivity index (χ2n) is 4.70. The Labute approximate surface area is 110 Å². The largest absolute Gasteiger partial charge is 0.352 e. The number of nitrogens with zero attached hydrogens (tertiary/aromatic N) is 1. The number of fused-ring (bicyclic) bond motifs is 1. The van der Waals surface area contributed by atoms with E-state index in [-0.39, 0.29) is 5.82 Å². The van der Waals surface area contributed by atoms with Gasteiger partial charge in [0.05, 0.1) is 11.0 Å². The number of thioether (sulfide) groups is 1. The highest BCUT2D eigenvalue weighted by atomic mass is 32.2. The van der Waals surface area contributed by atoms with Gasteiger partial charge in [0.25, 0.3) is 0 Å². The first kappa shape index (κ1) is 11.8. The van der Waals surface area contributed by atoms with E-state index in [0.29, 0.717) is 11.3 Å². The molecule has 1 aromatic carbocycles. The number of anilines is 1. The molecule has 96 valence electrons. The summed E-state index contributed by atoms with van der Waals surface area (Å²) in [4.78, 5) is 7.58. The van der Waals surface area contributed by atoms with Crippen molar-refractivity contribution in [3.05, 3.63) is 24.0 Å². The number of hydrogen-bond donors (Lipinski definition) is 2. The van der Waals surface area contributed by atoms with E-state index in [0.717, 1.165) is 17.0 Å². The molecule has 2 unspecified atom stereocenters. The zero-order valence-corrected chi connectivity index (χ0v) is 11.1. The number of H-pyrrole nitrogens is 1. The maximum atomic E-state index is 13.1. The van der Waals surface area contributed by atoms with E-state index < -0.39 is 0 Å². The molecule has 0 bridgehead atoms. The lowest BCUT2D eigenvalue weighted by Gasteiger charge is -2.18. The lowest BCUT2D eigenvalue weighted by Crippen LogP contribution is -2.26. The minimum atomic E-state index is -0.236. The maximum absolute atomic E-state index is 13.1. The van der Waals surface area contributed by atoms with E-state index in [1.54, 1.807) is 6.07 Å². The van der Waals surface area contributed by atoms with E-state index in [9.17, 15) is 4.39 Å². The number of aromatic nitrogens is 2. The van der Waals surface area contributed by atoms with Crippen LogP contribution in [-0.2, 0) is 0 Å². The summed E-state index contributed by atoms with van der Waals surface area (Å²) in [5, 5.41) is 4.09. The van der Waals surface area contributed by atoms with Gasteiger partial charge in [-0.1, -0.05) is 6.42 Å². The predicted molar refractivity (Wildman–Crippen MR) is 74.6 cm³/mol. The van der Waals surface area contributed by atoms with Gasteiger partial charge >= 0.3 is 0 Å². The van der Waals surface area contributed by atoms with Crippen molar-refractivity contribution in [1.82, 2.24) is 9.97 Å². The molecule has 3 rings (SSSR count). The average molecular weight is 265 g/mol. The third kappa shape index (κ3) is 2.19. The average Bonchev–Trinajstić information content (AvgIpc) is 2.94. The molecule has 0 saturated heterocycles. The summed E-state index contributed by atoms with van der Waals surface area (Å²) in [7, 11) is 0. The van der Waals surface area contributed by atoms with Gasteiger partial charge in [-0.2, -0.15) is 11.8 Å². The van der Waals surface area contributed by atoms with Crippen molar-refractivity contribution in [1.29, 1.82) is 0 Å². The number of hydrogen-bond acceptors (Lipinski definition) is 3. The van der Waals surface area contributed by atoms with Crippen LogP contribution in [0.2, 0.25) is 0 Å². The third-order valence-corrected chi connectivity index (χ3v) is 4.69. The molecular formula is C13H16FN3S. The quantitative estimate of drug-likeness (QED) is 0.893. The summed E-state index contributed by atoms with van der Waals surface area (Å²) < 4.78 is 13.1. The Morgan fingerprint density at radius 1 is 1.44 bits per heavy atom. The summed E-state index contributed by atoms with van der Waals surface area (Å²) >= 11 is 1.90. The first-order valence-electron chi connectivity index (χ1n) is 6.21. The van der Waals surface area contributed by atoms with Crippen LogP contribution in [0.15, 0.2) is 18.2 Å². The molecule has 1 saturated carbocycles. The molecule has 1 aromatic heterocycles. The molecule has 2 N–H and O–H groups in total. The number of nitrogens with one attached hydrogen (secondary N) is 2. The molecule has 0 spiro atoms. The highest BCUT2D eigenvalue weighted by Crippen LogP contribution is 2.30. The second kappa shape index (κ2) is 4.80. The molecule has 1 aliphatic rings. The van der Waals surface area contributed by atoms with E-state index in [1.165, 1.54) is 31.4 Å². The van der Waals surface area contributed by atoms with Gasteiger partial charge in [-0.15, -0.1) is 0 Å². The monoisotopic (exact) mass is 265 g/mol. The third-order valence-electron chi connectivity index (χ3n) is 3.52. The van der Waals surface area contributed by atoms with Gasteiger partial charge < -0.3 is 10.3 Å². The fourth-order valence-electron chi connectivity index (χ4n) is 2.60. The molecule has 0 radical (unpaired) electrons. The van der Waals surface area contributed by atoms with Crippen LogP contribution < -0.4 is 5.32 Å². The Morgan fingerprint density at radius 3 is 3.17 bits per heavy atom. The zero-order chi connectivity index (χ0) is 12.5. The summed E-state index contributed by atoms with van der Waals surface area (Å²) in [6.07, 6.45) is 5.85. The number of benzene rings is 1. The van der Waals surface area contributed by atoms with Crippen LogP contribution in [0.25, 0.3) is 11.0 Å². The van der Waals surface area contributed by atoms with Gasteiger partial charge in [0, 0.05) is 11.3 Å². The molecule has 3 nitrogen and oxygen atoms in total. The van der Waals surface area contributed by atoms with E-state index in [4.69, 9.17) is 0 Å². The molecular weight excluding hydrogens is 249 g/mol. The number of halogens is 1. The van der Waals surface area contributed by atoms with E-state index in [2.05, 4.69) is 21.5 Å². The molecule has 5 heteroatoms. The molecule has 1 fully saturated rings. The molecule has 18 heavy (non-hydrogen) atoms. The van der Waals surface area contributed by atoms with E-state index in [1.807, 2.05) is 11.8 Å². The van der Waals surface area contributed by atoms with Crippen molar-refractivity contribution in [2.24, 2.45) is 0 Å². The maximum Gasteiger partial charge on any atom is 0.201 e. The first-order chi connectivity index (χ1) is 8.76. The number of rotatable bonds is 3. The highest BCUT2D eigenvalue weighted by Gasteiger charge is 2.26. The lowest BCUT2D eigenvalue weighted by atomic mass is 10.2. The van der Waals surface area contributed by atoms with Crippen molar-refractivity contribution in [3.8, 4) is 0 Å². The summed E-state index contributed by atoms with van der Waals surface area (Å²) in [5.74, 6) is 0.516. The Bertz CT molecular complexity index is 554. The molecule has 1 aliphatic carbocycles. The fourth-order valence-corrected chi connectivity index (χ4v) is 3.53. The van der Waals surface area contributed by atoms with Crippen LogP contribution in [0, 0.1) is 5.82 Å². The van der Waals surface area contributed by atoms with Gasteiger partial charge in [-0.25, -0.2) is 9.37 Å². The fraction of sp³-hybridized carbons (Fsp3) is 0.462. The molecule has 0 aliphatic heterocycles. The van der Waals surface area contributed by atoms with Gasteiger partial charge in [-0.05, 0) is 37.3 Å². The van der Waals surface area contributed by atoms with Crippen LogP contribution in [0.5, 0.6) is 0 Å². The van der Waals surface area contributed by atoms with Crippen molar-refractivity contribution in [2.45, 2.75) is 30.6 Å². The van der Waals surface area contributed by atoms with Gasteiger partial charge in [0.15, 0.2) is 0 Å². The first-order valence-corrected chi connectivity index (χ1v) is 7.49. The molecule has 2 atom stereocenters. The summed E-state index contributed by atoms with van der Waals surface area (Å²) in [6, 6.07) is 5.08. The van der Waals surface area contributed by atoms with Crippen molar-refractivity contribution in [3.63, 3.8) is 0 Å². The Balaban J connectivity index is 1.82. The molecule has 2 aromatic rings. The van der Waals surface area contributed by atoms with Gasteiger partial charge in [0.2, 0.25) is 5.95 Å². The normalized spacial score (nSPS) is 23.7. The van der Waals surface area contributed by atoms with Crippen molar-refractivity contribution < 1.29 is 4.39 Å². The van der Waals surface area contributed by atoms with Crippen LogP contribution in [-0.4, -0.2) is 27.5 Å². The van der Waals surface area contributed by atoms with Crippen LogP contribution in [0.3, 0.4) is 0 Å². The highest BCUT2D eigenvalue weighted by molar-refractivity contribution is 7.99. The standard InChI is InChI=1S/C13H16FN3S/c1-18-12-4-2-3-10(12)16-13-15-9-6-5-8(14)7-11(9)17-13/h5-7,10,12H,2-4H2,1H3,(H2,15,16,17). The minimum absolute atomic E-state index is 0.236. The summed E-state index contributed by atoms with van der Waals surface area (Å²) in [6.45, 7) is 0. The van der Waals surface area contributed by atoms with Crippen molar-refractivity contribution >= 4 is 28.7 Å². The van der Waals surface area contributed by atoms with Gasteiger partial charge in [-0.3, -0.25) is 0 Å². The van der Waals surface area contributed by atoms with Gasteiger partial charge in [0.1, 0.15) is 5.82 Å². The lowest BCUT2D eigenvalue weighted by molar-refractivity contribution is 0.629. The predicted octanol–water partition coefficient (Wildman–Crippen LogP) is 3.40. The van der Waals surface area contributed by atoms with E-state index >= 15 is 0 Å². The Kier molecular flexibility index (Phi) is 3.16. The molecule has 0 amide bonds. The van der Waals surface area contributed by atoms with Crippen LogP contribution in [0.4, 0.5) is 10.3 Å². The van der Waals surface area contributed by atoms with Crippen molar-refractivity contribution in [2.75, 3.05) is 11.6 Å². The zero-order valence-electron chi connectivity index (χ0n) is 10.2. The number of aromatic amines is 1. The van der Waals surface area contributed by atoms with Crippen LogP contribution in [0.1, 0.15) is 19.3 Å². The minimum Gasteiger partial charge on any atom is -0.352 e. The summed E-state index contributed by atoms with van der Waals surface area (Å²) in [5.41, 5.74) is 1.55. The number of imidazole rings is 1.